The van der Waals surface area contributed by atoms with E-state index in [2.05, 4.69) is 10.5 Å². The van der Waals surface area contributed by atoms with Crippen LogP contribution in [-0.4, -0.2) is 24.8 Å². The molecule has 132 valence electrons. The molecule has 2 aromatic rings. The summed E-state index contributed by atoms with van der Waals surface area (Å²) in [6.45, 7) is 6.34. The molecule has 0 aromatic heterocycles. The number of amides is 1. The van der Waals surface area contributed by atoms with Crippen LogP contribution in [-0.2, 0) is 0 Å². The molecule has 0 aliphatic carbocycles. The van der Waals surface area contributed by atoms with Gasteiger partial charge >= 0.3 is 0 Å². The van der Waals surface area contributed by atoms with Crippen molar-refractivity contribution in [2.45, 2.75) is 26.9 Å². The summed E-state index contributed by atoms with van der Waals surface area (Å²) in [6, 6.07) is 12.3. The van der Waals surface area contributed by atoms with Gasteiger partial charge in [0.1, 0.15) is 0 Å². The standard InChI is InChI=1S/C19H23N3O3/c1-4-24-18-11-14(9-10-17(18)25-13(2)3)12-21-22-19(23)15-7-5-6-8-16(15)20/h5-13H,4,20H2,1-3H3,(H,22,23)/b21-12-. The van der Waals surface area contributed by atoms with Crippen LogP contribution < -0.4 is 20.6 Å². The maximum atomic E-state index is 12.1. The van der Waals surface area contributed by atoms with Crippen molar-refractivity contribution in [2.75, 3.05) is 12.3 Å². The monoisotopic (exact) mass is 341 g/mol. The van der Waals surface area contributed by atoms with Crippen LogP contribution in [0.4, 0.5) is 5.69 Å². The molecule has 0 fully saturated rings. The Morgan fingerprint density at radius 3 is 2.68 bits per heavy atom. The van der Waals surface area contributed by atoms with Gasteiger partial charge in [0.05, 0.1) is 24.5 Å². The molecule has 0 atom stereocenters. The number of benzene rings is 2. The van der Waals surface area contributed by atoms with Crippen molar-refractivity contribution in [3.8, 4) is 11.5 Å². The number of nitrogen functional groups attached to an aromatic ring is 1. The second kappa shape index (κ2) is 8.73. The van der Waals surface area contributed by atoms with Crippen LogP contribution >= 0.6 is 0 Å². The average molecular weight is 341 g/mol. The zero-order valence-electron chi connectivity index (χ0n) is 14.7. The van der Waals surface area contributed by atoms with Crippen LogP contribution in [0.2, 0.25) is 0 Å². The van der Waals surface area contributed by atoms with Crippen LogP contribution in [0.15, 0.2) is 47.6 Å². The van der Waals surface area contributed by atoms with E-state index < -0.39 is 0 Å². The fraction of sp³-hybridized carbons (Fsp3) is 0.263. The van der Waals surface area contributed by atoms with Gasteiger partial charge in [0.2, 0.25) is 0 Å². The molecule has 3 N–H and O–H groups in total. The lowest BCUT2D eigenvalue weighted by Crippen LogP contribution is -2.19. The van der Waals surface area contributed by atoms with Crippen molar-refractivity contribution in [3.05, 3.63) is 53.6 Å². The third-order valence-electron chi connectivity index (χ3n) is 3.22. The van der Waals surface area contributed by atoms with Gasteiger partial charge in [0, 0.05) is 5.69 Å². The van der Waals surface area contributed by atoms with Crippen molar-refractivity contribution in [1.29, 1.82) is 0 Å². The first-order valence-corrected chi connectivity index (χ1v) is 8.12. The largest absolute Gasteiger partial charge is 0.490 e. The number of nitrogens with zero attached hydrogens (tertiary/aromatic N) is 1. The fourth-order valence-electron chi connectivity index (χ4n) is 2.15. The SMILES string of the molecule is CCOc1cc(/C=N\NC(=O)c2ccccc2N)ccc1OC(C)C. The summed E-state index contributed by atoms with van der Waals surface area (Å²) < 4.78 is 11.3. The number of rotatable bonds is 7. The normalized spacial score (nSPS) is 10.9. The summed E-state index contributed by atoms with van der Waals surface area (Å²) >= 11 is 0. The predicted molar refractivity (Wildman–Crippen MR) is 99.3 cm³/mol. The number of hydrogen-bond donors (Lipinski definition) is 2. The lowest BCUT2D eigenvalue weighted by molar-refractivity contribution is 0.0956. The van der Waals surface area contributed by atoms with Crippen molar-refractivity contribution >= 4 is 17.8 Å². The van der Waals surface area contributed by atoms with Crippen molar-refractivity contribution in [3.63, 3.8) is 0 Å². The van der Waals surface area contributed by atoms with E-state index >= 15 is 0 Å². The Labute approximate surface area is 147 Å². The maximum absolute atomic E-state index is 12.1. The number of carbonyl (C=O) groups is 1. The minimum Gasteiger partial charge on any atom is -0.490 e. The molecule has 0 spiro atoms. The lowest BCUT2D eigenvalue weighted by Gasteiger charge is -2.14. The molecule has 6 nitrogen and oxygen atoms in total. The molecule has 0 bridgehead atoms. The van der Waals surface area contributed by atoms with E-state index in [4.69, 9.17) is 15.2 Å². The average Bonchev–Trinajstić information content (AvgIpc) is 2.57. The number of hydrogen-bond acceptors (Lipinski definition) is 5. The molecule has 0 aliphatic rings. The molecular formula is C19H23N3O3. The smallest absolute Gasteiger partial charge is 0.273 e. The second-order valence-corrected chi connectivity index (χ2v) is 5.59. The van der Waals surface area contributed by atoms with Crippen LogP contribution in [0, 0.1) is 0 Å². The Hall–Kier alpha value is -3.02. The van der Waals surface area contributed by atoms with Gasteiger partial charge < -0.3 is 15.2 Å². The molecule has 2 aromatic carbocycles. The van der Waals surface area contributed by atoms with E-state index in [1.165, 1.54) is 0 Å². The minimum atomic E-state index is -0.362. The van der Waals surface area contributed by atoms with Gasteiger partial charge in [0.25, 0.3) is 5.91 Å². The first kappa shape index (κ1) is 18.3. The summed E-state index contributed by atoms with van der Waals surface area (Å²) in [7, 11) is 0. The van der Waals surface area contributed by atoms with E-state index in [0.29, 0.717) is 29.4 Å². The van der Waals surface area contributed by atoms with Crippen molar-refractivity contribution in [2.24, 2.45) is 5.10 Å². The second-order valence-electron chi connectivity index (χ2n) is 5.59. The van der Waals surface area contributed by atoms with Gasteiger partial charge in [-0.3, -0.25) is 4.79 Å². The van der Waals surface area contributed by atoms with Crippen LogP contribution in [0.25, 0.3) is 0 Å². The van der Waals surface area contributed by atoms with Crippen LogP contribution in [0.3, 0.4) is 0 Å². The summed E-state index contributed by atoms with van der Waals surface area (Å²) in [5.74, 6) is 0.952. The summed E-state index contributed by atoms with van der Waals surface area (Å²) in [5.41, 5.74) is 9.81. The van der Waals surface area contributed by atoms with Gasteiger partial charge in [-0.15, -0.1) is 0 Å². The van der Waals surface area contributed by atoms with E-state index in [-0.39, 0.29) is 12.0 Å². The zero-order valence-corrected chi connectivity index (χ0v) is 14.7. The highest BCUT2D eigenvalue weighted by atomic mass is 16.5. The molecule has 0 saturated carbocycles. The Kier molecular flexibility index (Phi) is 6.39. The summed E-state index contributed by atoms with van der Waals surface area (Å²) in [5, 5.41) is 3.97. The molecule has 0 radical (unpaired) electrons. The first-order chi connectivity index (χ1) is 12.0. The Balaban J connectivity index is 2.09. The van der Waals surface area contributed by atoms with E-state index in [1.54, 1.807) is 30.5 Å². The Morgan fingerprint density at radius 2 is 2.00 bits per heavy atom. The highest BCUT2D eigenvalue weighted by molar-refractivity contribution is 5.99. The fourth-order valence-corrected chi connectivity index (χ4v) is 2.15. The number of ether oxygens (including phenoxy) is 2. The summed E-state index contributed by atoms with van der Waals surface area (Å²) in [6.07, 6.45) is 1.59. The number of para-hydroxylation sites is 1. The van der Waals surface area contributed by atoms with Gasteiger partial charge in [-0.25, -0.2) is 5.43 Å². The predicted octanol–water partition coefficient (Wildman–Crippen LogP) is 3.22. The van der Waals surface area contributed by atoms with E-state index in [1.807, 2.05) is 39.0 Å². The van der Waals surface area contributed by atoms with Gasteiger partial charge in [-0.2, -0.15) is 5.10 Å². The van der Waals surface area contributed by atoms with Gasteiger partial charge in [-0.1, -0.05) is 12.1 Å². The maximum Gasteiger partial charge on any atom is 0.273 e. The topological polar surface area (TPSA) is 85.9 Å². The molecular weight excluding hydrogens is 318 g/mol. The van der Waals surface area contributed by atoms with Crippen molar-refractivity contribution in [1.82, 2.24) is 5.43 Å². The molecule has 2 rings (SSSR count). The van der Waals surface area contributed by atoms with Gasteiger partial charge in [0.15, 0.2) is 11.5 Å². The lowest BCUT2D eigenvalue weighted by atomic mass is 10.2. The van der Waals surface area contributed by atoms with Crippen LogP contribution in [0.1, 0.15) is 36.7 Å². The number of anilines is 1. The minimum absolute atomic E-state index is 0.0503. The van der Waals surface area contributed by atoms with Crippen LogP contribution in [0.5, 0.6) is 11.5 Å². The summed E-state index contributed by atoms with van der Waals surface area (Å²) in [4.78, 5) is 12.1. The number of carbonyl (C=O) groups excluding carboxylic acids is 1. The van der Waals surface area contributed by atoms with Gasteiger partial charge in [-0.05, 0) is 56.7 Å². The molecule has 0 heterocycles. The molecule has 6 heteroatoms. The van der Waals surface area contributed by atoms with E-state index in [0.717, 1.165) is 5.56 Å². The van der Waals surface area contributed by atoms with E-state index in [9.17, 15) is 4.79 Å². The Bertz CT molecular complexity index is 757. The molecule has 0 unspecified atom stereocenters. The zero-order chi connectivity index (χ0) is 18.2. The molecule has 25 heavy (non-hydrogen) atoms. The number of nitrogens with one attached hydrogen (secondary N) is 1. The third-order valence-corrected chi connectivity index (χ3v) is 3.22. The molecule has 1 amide bonds. The quantitative estimate of drug-likeness (QED) is 0.460. The van der Waals surface area contributed by atoms with Crippen molar-refractivity contribution < 1.29 is 14.3 Å². The third kappa shape index (κ3) is 5.24. The highest BCUT2D eigenvalue weighted by Crippen LogP contribution is 2.28. The first-order valence-electron chi connectivity index (χ1n) is 8.12. The number of hydrazone groups is 1. The molecule has 0 saturated heterocycles. The highest BCUT2D eigenvalue weighted by Gasteiger charge is 2.09. The number of nitrogens with two attached hydrogens (primary N) is 1. The molecule has 0 aliphatic heterocycles. The Morgan fingerprint density at radius 1 is 1.24 bits per heavy atom.